The molecule has 6 heteroatoms. The second-order valence-corrected chi connectivity index (χ2v) is 6.87. The molecule has 2 aromatic heterocycles. The number of hydrogen-bond donors (Lipinski definition) is 3. The Hall–Kier alpha value is -4.06. The van der Waals surface area contributed by atoms with Crippen molar-refractivity contribution < 1.29 is 19.7 Å². The van der Waals surface area contributed by atoms with E-state index in [-0.39, 0.29) is 28.6 Å². The molecule has 0 radical (unpaired) electrons. The number of pyridine rings is 1. The molecule has 0 amide bonds. The molecule has 0 saturated carbocycles. The minimum atomic E-state index is -0.422. The van der Waals surface area contributed by atoms with E-state index in [4.69, 9.17) is 4.74 Å². The number of aromatic hydroxyl groups is 2. The molecule has 1 aliphatic heterocycles. The third-order valence-corrected chi connectivity index (χ3v) is 5.11. The lowest BCUT2D eigenvalue weighted by Gasteiger charge is -2.08. The van der Waals surface area contributed by atoms with E-state index in [2.05, 4.69) is 9.97 Å². The fourth-order valence-corrected chi connectivity index (χ4v) is 3.74. The van der Waals surface area contributed by atoms with Gasteiger partial charge >= 0.3 is 0 Å². The topological polar surface area (TPSA) is 95.4 Å². The minimum Gasteiger partial charge on any atom is -0.508 e. The summed E-state index contributed by atoms with van der Waals surface area (Å²) in [4.78, 5) is 20.5. The predicted octanol–water partition coefficient (Wildman–Crippen LogP) is 4.65. The number of H-pyrrole nitrogens is 1. The molecule has 5 rings (SSSR count). The lowest BCUT2D eigenvalue weighted by Crippen LogP contribution is -2.02. The number of benzene rings is 2. The smallest absolute Gasteiger partial charge is 0.236 e. The molecule has 142 valence electrons. The van der Waals surface area contributed by atoms with Crippen LogP contribution < -0.4 is 4.74 Å². The number of hydrogen-bond acceptors (Lipinski definition) is 5. The van der Waals surface area contributed by atoms with E-state index in [1.54, 1.807) is 19.3 Å². The number of fused-ring (bicyclic) bond motifs is 2. The summed E-state index contributed by atoms with van der Waals surface area (Å²) in [5.41, 5.74) is 4.16. The molecule has 3 N–H and O–H groups in total. The molecule has 6 nitrogen and oxygen atoms in total. The molecule has 0 saturated heterocycles. The Morgan fingerprint density at radius 1 is 1.10 bits per heavy atom. The van der Waals surface area contributed by atoms with Crippen LogP contribution in [0.25, 0.3) is 27.7 Å². The minimum absolute atomic E-state index is 0.0541. The first-order chi connectivity index (χ1) is 14.0. The van der Waals surface area contributed by atoms with Crippen LogP contribution >= 0.6 is 0 Å². The van der Waals surface area contributed by atoms with E-state index in [0.717, 1.165) is 28.1 Å². The van der Waals surface area contributed by atoms with Crippen molar-refractivity contribution in [2.45, 2.75) is 6.92 Å². The Morgan fingerprint density at radius 2 is 1.90 bits per heavy atom. The molecule has 3 heterocycles. The molecule has 0 atom stereocenters. The van der Waals surface area contributed by atoms with Gasteiger partial charge in [-0.05, 0) is 24.1 Å². The van der Waals surface area contributed by atoms with Crippen LogP contribution in [0.15, 0.2) is 66.7 Å². The first kappa shape index (κ1) is 17.1. The van der Waals surface area contributed by atoms with Crippen LogP contribution in [0.1, 0.15) is 22.8 Å². The first-order valence-corrected chi connectivity index (χ1v) is 9.06. The highest BCUT2D eigenvalue weighted by Gasteiger charge is 2.33. The maximum atomic E-state index is 12.9. The number of aromatic nitrogens is 2. The summed E-state index contributed by atoms with van der Waals surface area (Å²) in [7, 11) is 0. The summed E-state index contributed by atoms with van der Waals surface area (Å²) in [6, 6.07) is 14.3. The highest BCUT2D eigenvalue weighted by Crippen LogP contribution is 2.43. The number of aromatic amines is 1. The standard InChI is InChI=1S/C23H16N2O4/c1-12(22-21(28)20-17(27)9-14(26)10-18(20)29-22)16-11-25-23-19(16)15(7-8-24-23)13-5-3-2-4-6-13/h2-11,26-27H,1H3,(H,24,25)/b22-12-. The van der Waals surface area contributed by atoms with Gasteiger partial charge in [0.25, 0.3) is 0 Å². The Kier molecular flexibility index (Phi) is 3.67. The molecule has 0 unspecified atom stereocenters. The van der Waals surface area contributed by atoms with Crippen LogP contribution in [0.5, 0.6) is 17.2 Å². The van der Waals surface area contributed by atoms with E-state index in [0.29, 0.717) is 11.2 Å². The van der Waals surface area contributed by atoms with E-state index in [9.17, 15) is 15.0 Å². The summed E-state index contributed by atoms with van der Waals surface area (Å²) in [6.45, 7) is 1.79. The highest BCUT2D eigenvalue weighted by atomic mass is 16.5. The van der Waals surface area contributed by atoms with Gasteiger partial charge in [0.1, 0.15) is 28.5 Å². The van der Waals surface area contributed by atoms with Crippen molar-refractivity contribution in [2.24, 2.45) is 0 Å². The molecule has 1 aliphatic rings. The van der Waals surface area contributed by atoms with E-state index >= 15 is 0 Å². The molecular formula is C23H16N2O4. The van der Waals surface area contributed by atoms with Crippen LogP contribution in [-0.2, 0) is 0 Å². The van der Waals surface area contributed by atoms with Crippen molar-refractivity contribution >= 4 is 22.4 Å². The molecular weight excluding hydrogens is 368 g/mol. The predicted molar refractivity (Wildman–Crippen MR) is 109 cm³/mol. The van der Waals surface area contributed by atoms with Gasteiger partial charge in [0, 0.05) is 41.0 Å². The SMILES string of the molecule is C/C(=C1/Oc2cc(O)cc(O)c2C1=O)c1c[nH]c2nccc(-c3ccccc3)c12. The van der Waals surface area contributed by atoms with Gasteiger partial charge in [-0.2, -0.15) is 0 Å². The lowest BCUT2D eigenvalue weighted by molar-refractivity contribution is 0.101. The van der Waals surface area contributed by atoms with Crippen molar-refractivity contribution in [3.05, 3.63) is 77.8 Å². The number of ether oxygens (including phenoxy) is 1. The summed E-state index contributed by atoms with van der Waals surface area (Å²) in [5, 5.41) is 20.7. The highest BCUT2D eigenvalue weighted by molar-refractivity contribution is 6.18. The zero-order valence-corrected chi connectivity index (χ0v) is 15.4. The van der Waals surface area contributed by atoms with Gasteiger partial charge in [0.2, 0.25) is 5.78 Å². The van der Waals surface area contributed by atoms with Gasteiger partial charge in [-0.15, -0.1) is 0 Å². The number of Topliss-reactive ketones (excluding diaryl/α,β-unsaturated/α-hetero) is 1. The molecule has 0 fully saturated rings. The van der Waals surface area contributed by atoms with E-state index < -0.39 is 5.78 Å². The van der Waals surface area contributed by atoms with Crippen LogP contribution in [0.3, 0.4) is 0 Å². The summed E-state index contributed by atoms with van der Waals surface area (Å²) < 4.78 is 5.74. The Labute approximate surface area is 165 Å². The van der Waals surface area contributed by atoms with Gasteiger partial charge in [-0.3, -0.25) is 4.79 Å². The molecule has 4 aromatic rings. The number of ketones is 1. The summed E-state index contributed by atoms with van der Waals surface area (Å²) >= 11 is 0. The van der Waals surface area contributed by atoms with Gasteiger partial charge in [0.15, 0.2) is 5.76 Å². The van der Waals surface area contributed by atoms with Crippen molar-refractivity contribution in [1.82, 2.24) is 9.97 Å². The van der Waals surface area contributed by atoms with Gasteiger partial charge < -0.3 is 19.9 Å². The van der Waals surface area contributed by atoms with E-state index in [1.165, 1.54) is 6.07 Å². The maximum Gasteiger partial charge on any atom is 0.236 e. The van der Waals surface area contributed by atoms with Gasteiger partial charge in [-0.25, -0.2) is 4.98 Å². The monoisotopic (exact) mass is 384 g/mol. The Bertz CT molecular complexity index is 1320. The van der Waals surface area contributed by atoms with Crippen LogP contribution in [0.2, 0.25) is 0 Å². The van der Waals surface area contributed by atoms with Gasteiger partial charge in [-0.1, -0.05) is 30.3 Å². The van der Waals surface area contributed by atoms with Crippen LogP contribution in [0, 0.1) is 0 Å². The number of nitrogens with one attached hydrogen (secondary N) is 1. The van der Waals surface area contributed by atoms with Gasteiger partial charge in [0.05, 0.1) is 0 Å². The zero-order valence-electron chi connectivity index (χ0n) is 15.4. The number of rotatable bonds is 2. The number of carbonyl (C=O) groups excluding carboxylic acids is 1. The molecule has 2 aromatic carbocycles. The summed E-state index contributed by atoms with van der Waals surface area (Å²) in [5.74, 6) is -0.642. The maximum absolute atomic E-state index is 12.9. The fraction of sp³-hybridized carbons (Fsp3) is 0.0435. The average Bonchev–Trinajstić information content (AvgIpc) is 3.29. The van der Waals surface area contributed by atoms with Crippen LogP contribution in [0.4, 0.5) is 0 Å². The number of nitrogens with zero attached hydrogens (tertiary/aromatic N) is 1. The largest absolute Gasteiger partial charge is 0.508 e. The van der Waals surface area contributed by atoms with Crippen molar-refractivity contribution in [3.63, 3.8) is 0 Å². The van der Waals surface area contributed by atoms with Crippen molar-refractivity contribution in [2.75, 3.05) is 0 Å². The second-order valence-electron chi connectivity index (χ2n) is 6.87. The lowest BCUT2D eigenvalue weighted by atomic mass is 9.97. The average molecular weight is 384 g/mol. The second kappa shape index (κ2) is 6.24. The van der Waals surface area contributed by atoms with Crippen LogP contribution in [-0.4, -0.2) is 26.0 Å². The summed E-state index contributed by atoms with van der Waals surface area (Å²) in [6.07, 6.45) is 3.53. The van der Waals surface area contributed by atoms with Crippen molar-refractivity contribution in [1.29, 1.82) is 0 Å². The third-order valence-electron chi connectivity index (χ3n) is 5.11. The molecule has 29 heavy (non-hydrogen) atoms. The zero-order chi connectivity index (χ0) is 20.1. The molecule has 0 spiro atoms. The van der Waals surface area contributed by atoms with Crippen molar-refractivity contribution in [3.8, 4) is 28.4 Å². The quantitative estimate of drug-likeness (QED) is 0.437. The number of phenolic OH excluding ortho intramolecular Hbond substituents is 2. The number of allylic oxidation sites excluding steroid dienone is 2. The Morgan fingerprint density at radius 3 is 2.69 bits per heavy atom. The molecule has 0 aliphatic carbocycles. The first-order valence-electron chi connectivity index (χ1n) is 9.06. The van der Waals surface area contributed by atoms with E-state index in [1.807, 2.05) is 36.4 Å². The normalized spacial score (nSPS) is 14.7. The fourth-order valence-electron chi connectivity index (χ4n) is 3.74. The Balaban J connectivity index is 1.71. The number of carbonyl (C=O) groups is 1. The third kappa shape index (κ3) is 2.57. The molecule has 0 bridgehead atoms. The number of phenols is 2.